The van der Waals surface area contributed by atoms with Gasteiger partial charge in [-0.25, -0.2) is 4.98 Å². The average Bonchev–Trinajstić information content (AvgIpc) is 2.74. The second-order valence-corrected chi connectivity index (χ2v) is 7.20. The van der Waals surface area contributed by atoms with Gasteiger partial charge in [0.2, 0.25) is 0 Å². The molecule has 0 saturated carbocycles. The lowest BCUT2D eigenvalue weighted by molar-refractivity contribution is 0.174. The molecular formula is C10H10Br2N2OS. The Balaban J connectivity index is 2.17. The Morgan fingerprint density at radius 2 is 2.31 bits per heavy atom. The molecule has 0 radical (unpaired) electrons. The minimum Gasteiger partial charge on any atom is -0.388 e. The van der Waals surface area contributed by atoms with Crippen LogP contribution in [0.1, 0.15) is 17.5 Å². The van der Waals surface area contributed by atoms with Gasteiger partial charge in [0.25, 0.3) is 0 Å². The molecular weight excluding hydrogens is 356 g/mol. The third-order valence-corrected chi connectivity index (χ3v) is 4.72. The molecule has 1 N–H and O–H groups in total. The largest absolute Gasteiger partial charge is 0.388 e. The fourth-order valence-electron chi connectivity index (χ4n) is 1.46. The fourth-order valence-corrected chi connectivity index (χ4v) is 4.41. The van der Waals surface area contributed by atoms with Crippen LogP contribution in [0.15, 0.2) is 26.0 Å². The van der Waals surface area contributed by atoms with Gasteiger partial charge < -0.3 is 9.67 Å². The molecule has 2 rings (SSSR count). The summed E-state index contributed by atoms with van der Waals surface area (Å²) in [6, 6.07) is 1.93. The van der Waals surface area contributed by atoms with E-state index in [9.17, 15) is 5.11 Å². The van der Waals surface area contributed by atoms with Crippen molar-refractivity contribution in [3.05, 3.63) is 37.4 Å². The van der Waals surface area contributed by atoms with Gasteiger partial charge in [-0.1, -0.05) is 0 Å². The summed E-state index contributed by atoms with van der Waals surface area (Å²) >= 11 is 8.40. The Labute approximate surface area is 114 Å². The van der Waals surface area contributed by atoms with Crippen LogP contribution in [-0.2, 0) is 13.5 Å². The van der Waals surface area contributed by atoms with Crippen molar-refractivity contribution in [2.24, 2.45) is 7.05 Å². The number of aromatic nitrogens is 2. The highest BCUT2D eigenvalue weighted by Gasteiger charge is 2.16. The molecule has 0 aliphatic heterocycles. The van der Waals surface area contributed by atoms with Crippen molar-refractivity contribution in [3.63, 3.8) is 0 Å². The number of hydrogen-bond donors (Lipinski definition) is 1. The predicted molar refractivity (Wildman–Crippen MR) is 71.6 cm³/mol. The average molecular weight is 366 g/mol. The molecule has 0 spiro atoms. The first kappa shape index (κ1) is 12.3. The first-order valence-electron chi connectivity index (χ1n) is 4.67. The molecule has 0 saturated heterocycles. The highest BCUT2D eigenvalue weighted by molar-refractivity contribution is 9.12. The quantitative estimate of drug-likeness (QED) is 0.906. The zero-order chi connectivity index (χ0) is 11.7. The van der Waals surface area contributed by atoms with Crippen molar-refractivity contribution in [1.82, 2.24) is 9.55 Å². The number of rotatable bonds is 3. The Kier molecular flexibility index (Phi) is 3.84. The molecule has 2 aromatic rings. The van der Waals surface area contributed by atoms with Crippen molar-refractivity contribution >= 4 is 43.2 Å². The molecule has 2 aromatic heterocycles. The Morgan fingerprint density at radius 3 is 2.81 bits per heavy atom. The third kappa shape index (κ3) is 2.56. The summed E-state index contributed by atoms with van der Waals surface area (Å²) in [5, 5.41) is 10.1. The number of aliphatic hydroxyl groups is 1. The molecule has 16 heavy (non-hydrogen) atoms. The van der Waals surface area contributed by atoms with E-state index in [1.165, 1.54) is 0 Å². The molecule has 0 aromatic carbocycles. The van der Waals surface area contributed by atoms with E-state index in [0.717, 1.165) is 19.0 Å². The molecule has 6 heteroatoms. The second kappa shape index (κ2) is 5.00. The summed E-state index contributed by atoms with van der Waals surface area (Å²) in [7, 11) is 1.92. The van der Waals surface area contributed by atoms with Crippen molar-refractivity contribution in [3.8, 4) is 0 Å². The molecule has 0 fully saturated rings. The van der Waals surface area contributed by atoms with E-state index in [-0.39, 0.29) is 0 Å². The van der Waals surface area contributed by atoms with Gasteiger partial charge in [0.05, 0.1) is 13.7 Å². The molecule has 86 valence electrons. The van der Waals surface area contributed by atoms with Gasteiger partial charge in [-0.3, -0.25) is 0 Å². The van der Waals surface area contributed by atoms with E-state index in [1.807, 2.05) is 23.9 Å². The number of hydrogen-bond acceptors (Lipinski definition) is 3. The normalized spacial score (nSPS) is 13.0. The van der Waals surface area contributed by atoms with Gasteiger partial charge in [-0.05, 0) is 37.9 Å². The highest BCUT2D eigenvalue weighted by Crippen LogP contribution is 2.36. The Bertz CT molecular complexity index is 495. The monoisotopic (exact) mass is 364 g/mol. The van der Waals surface area contributed by atoms with Crippen LogP contribution in [0.3, 0.4) is 0 Å². The van der Waals surface area contributed by atoms with Crippen LogP contribution in [0.2, 0.25) is 0 Å². The van der Waals surface area contributed by atoms with E-state index < -0.39 is 6.10 Å². The number of imidazole rings is 1. The zero-order valence-electron chi connectivity index (χ0n) is 8.52. The first-order valence-corrected chi connectivity index (χ1v) is 7.07. The zero-order valence-corrected chi connectivity index (χ0v) is 12.5. The van der Waals surface area contributed by atoms with E-state index in [1.54, 1.807) is 17.5 Å². The summed E-state index contributed by atoms with van der Waals surface area (Å²) < 4.78 is 3.88. The fraction of sp³-hybridized carbons (Fsp3) is 0.300. The van der Waals surface area contributed by atoms with Crippen molar-refractivity contribution in [2.75, 3.05) is 0 Å². The summed E-state index contributed by atoms with van der Waals surface area (Å²) in [6.07, 6.45) is 3.60. The number of aryl methyl sites for hydroxylation is 1. The van der Waals surface area contributed by atoms with E-state index in [4.69, 9.17) is 0 Å². The minimum absolute atomic E-state index is 0.519. The summed E-state index contributed by atoms with van der Waals surface area (Å²) in [4.78, 5) is 4.20. The van der Waals surface area contributed by atoms with Gasteiger partial charge >= 0.3 is 0 Å². The Morgan fingerprint density at radius 1 is 1.56 bits per heavy atom. The molecule has 2 heterocycles. The van der Waals surface area contributed by atoms with E-state index in [0.29, 0.717) is 6.42 Å². The summed E-state index contributed by atoms with van der Waals surface area (Å²) in [5.41, 5.74) is 0.903. The first-order chi connectivity index (χ1) is 7.58. The topological polar surface area (TPSA) is 38.0 Å². The van der Waals surface area contributed by atoms with Crippen molar-refractivity contribution < 1.29 is 5.11 Å². The maximum Gasteiger partial charge on any atom is 0.111 e. The molecule has 3 nitrogen and oxygen atoms in total. The molecule has 0 bridgehead atoms. The number of thiophene rings is 1. The lowest BCUT2D eigenvalue weighted by Crippen LogP contribution is -2.06. The lowest BCUT2D eigenvalue weighted by Gasteiger charge is -2.09. The lowest BCUT2D eigenvalue weighted by atomic mass is 10.1. The van der Waals surface area contributed by atoms with Crippen LogP contribution in [0.4, 0.5) is 0 Å². The van der Waals surface area contributed by atoms with Crippen LogP contribution in [0.5, 0.6) is 0 Å². The van der Waals surface area contributed by atoms with Crippen molar-refractivity contribution in [2.45, 2.75) is 12.5 Å². The number of nitrogens with zero attached hydrogens (tertiary/aromatic N) is 2. The second-order valence-electron chi connectivity index (χ2n) is 3.45. The third-order valence-electron chi connectivity index (χ3n) is 2.34. The van der Waals surface area contributed by atoms with E-state index >= 15 is 0 Å². The van der Waals surface area contributed by atoms with Gasteiger partial charge in [0.1, 0.15) is 5.82 Å². The van der Waals surface area contributed by atoms with Crippen LogP contribution in [-0.4, -0.2) is 14.7 Å². The van der Waals surface area contributed by atoms with Gasteiger partial charge in [0, 0.05) is 31.4 Å². The maximum absolute atomic E-state index is 10.1. The van der Waals surface area contributed by atoms with Crippen molar-refractivity contribution in [1.29, 1.82) is 0 Å². The predicted octanol–water partition coefficient (Wildman–Crippen LogP) is 3.28. The smallest absolute Gasteiger partial charge is 0.111 e. The van der Waals surface area contributed by atoms with Crippen LogP contribution < -0.4 is 0 Å². The molecule has 1 atom stereocenters. The maximum atomic E-state index is 10.1. The van der Waals surface area contributed by atoms with Crippen LogP contribution >= 0.6 is 43.2 Å². The van der Waals surface area contributed by atoms with Gasteiger partial charge in [-0.2, -0.15) is 0 Å². The summed E-state index contributed by atoms with van der Waals surface area (Å²) in [5.74, 6) is 0.877. The summed E-state index contributed by atoms with van der Waals surface area (Å²) in [6.45, 7) is 0. The van der Waals surface area contributed by atoms with Crippen LogP contribution in [0.25, 0.3) is 0 Å². The molecule has 1 unspecified atom stereocenters. The highest BCUT2D eigenvalue weighted by atomic mass is 79.9. The van der Waals surface area contributed by atoms with E-state index in [2.05, 4.69) is 36.8 Å². The SMILES string of the molecule is Cn1ccnc1CC(O)c1cc(Br)sc1Br. The molecule has 0 aliphatic rings. The van der Waals surface area contributed by atoms with Crippen LogP contribution in [0, 0.1) is 0 Å². The Hall–Kier alpha value is -0.170. The molecule has 0 amide bonds. The van der Waals surface area contributed by atoms with Gasteiger partial charge in [-0.15, -0.1) is 11.3 Å². The standard InChI is InChI=1S/C10H10Br2N2OS/c1-14-3-2-13-9(14)5-7(15)6-4-8(11)16-10(6)12/h2-4,7,15H,5H2,1H3. The minimum atomic E-state index is -0.530. The number of halogens is 2. The molecule has 0 aliphatic carbocycles. The number of aliphatic hydroxyl groups excluding tert-OH is 1. The van der Waals surface area contributed by atoms with Gasteiger partial charge in [0.15, 0.2) is 0 Å².